The summed E-state index contributed by atoms with van der Waals surface area (Å²) in [6.45, 7) is 3.12. The van der Waals surface area contributed by atoms with E-state index in [2.05, 4.69) is 22.5 Å². The second-order valence-electron chi connectivity index (χ2n) is 5.54. The monoisotopic (exact) mass is 331 g/mol. The molecule has 120 valence electrons. The zero-order chi connectivity index (χ0) is 14.4. The Morgan fingerprint density at radius 3 is 3.00 bits per heavy atom. The van der Waals surface area contributed by atoms with E-state index in [-0.39, 0.29) is 18.3 Å². The number of amides is 1. The molecular weight excluding hydrogens is 306 g/mol. The molecule has 1 aromatic rings. The van der Waals surface area contributed by atoms with Crippen LogP contribution >= 0.6 is 23.7 Å². The van der Waals surface area contributed by atoms with E-state index >= 15 is 0 Å². The van der Waals surface area contributed by atoms with Gasteiger partial charge in [0.25, 0.3) is 0 Å². The van der Waals surface area contributed by atoms with Crippen LogP contribution in [0.25, 0.3) is 0 Å². The Morgan fingerprint density at radius 2 is 2.29 bits per heavy atom. The zero-order valence-electron chi connectivity index (χ0n) is 12.9. The fourth-order valence-corrected chi connectivity index (χ4v) is 3.90. The molecule has 1 aromatic heterocycles. The van der Waals surface area contributed by atoms with Gasteiger partial charge in [-0.2, -0.15) is 0 Å². The van der Waals surface area contributed by atoms with Crippen molar-refractivity contribution in [2.24, 2.45) is 5.92 Å². The highest BCUT2D eigenvalue weighted by Gasteiger charge is 2.22. The van der Waals surface area contributed by atoms with Gasteiger partial charge in [-0.25, -0.2) is 4.98 Å². The highest BCUT2D eigenvalue weighted by molar-refractivity contribution is 7.15. The van der Waals surface area contributed by atoms with Gasteiger partial charge in [0.2, 0.25) is 5.91 Å². The molecule has 1 amide bonds. The molecule has 2 rings (SSSR count). The van der Waals surface area contributed by atoms with Crippen LogP contribution in [0.5, 0.6) is 0 Å². The largest absolute Gasteiger partial charge is 0.320 e. The van der Waals surface area contributed by atoms with Crippen molar-refractivity contribution in [3.05, 3.63) is 10.6 Å². The Hall–Kier alpha value is -0.650. The summed E-state index contributed by atoms with van der Waals surface area (Å²) in [7, 11) is 1.90. The van der Waals surface area contributed by atoms with E-state index in [1.807, 2.05) is 7.05 Å². The SMILES string of the molecule is CCCC1CCc2nc(NC(=O)CCCNC)sc2C1.Cl. The minimum absolute atomic E-state index is 0. The fourth-order valence-electron chi connectivity index (χ4n) is 2.76. The summed E-state index contributed by atoms with van der Waals surface area (Å²) in [5.74, 6) is 0.892. The predicted molar refractivity (Wildman–Crippen MR) is 91.6 cm³/mol. The van der Waals surface area contributed by atoms with Gasteiger partial charge in [-0.05, 0) is 45.2 Å². The topological polar surface area (TPSA) is 54.0 Å². The van der Waals surface area contributed by atoms with Crippen LogP contribution in [0.4, 0.5) is 5.13 Å². The van der Waals surface area contributed by atoms with Gasteiger partial charge in [-0.1, -0.05) is 19.8 Å². The average molecular weight is 332 g/mol. The van der Waals surface area contributed by atoms with Crippen molar-refractivity contribution >= 4 is 34.8 Å². The molecule has 0 bridgehead atoms. The molecule has 0 aromatic carbocycles. The third kappa shape index (κ3) is 5.57. The van der Waals surface area contributed by atoms with Crippen LogP contribution in [0, 0.1) is 5.92 Å². The number of anilines is 1. The van der Waals surface area contributed by atoms with Gasteiger partial charge in [0.05, 0.1) is 5.69 Å². The Labute approximate surface area is 137 Å². The van der Waals surface area contributed by atoms with Crippen molar-refractivity contribution < 1.29 is 4.79 Å². The number of rotatable bonds is 7. The Morgan fingerprint density at radius 1 is 1.48 bits per heavy atom. The second kappa shape index (κ2) is 9.38. The third-order valence-corrected chi connectivity index (χ3v) is 4.85. The van der Waals surface area contributed by atoms with Crippen molar-refractivity contribution in [2.75, 3.05) is 18.9 Å². The molecule has 0 saturated carbocycles. The summed E-state index contributed by atoms with van der Waals surface area (Å²) < 4.78 is 0. The zero-order valence-corrected chi connectivity index (χ0v) is 14.5. The van der Waals surface area contributed by atoms with E-state index in [1.165, 1.54) is 29.8 Å². The summed E-state index contributed by atoms with van der Waals surface area (Å²) in [6, 6.07) is 0. The maximum atomic E-state index is 11.8. The molecule has 0 spiro atoms. The molecule has 1 atom stereocenters. The molecule has 0 radical (unpaired) electrons. The van der Waals surface area contributed by atoms with Crippen molar-refractivity contribution in [1.29, 1.82) is 0 Å². The average Bonchev–Trinajstić information content (AvgIpc) is 2.80. The number of aryl methyl sites for hydroxylation is 1. The van der Waals surface area contributed by atoms with Gasteiger partial charge >= 0.3 is 0 Å². The van der Waals surface area contributed by atoms with Crippen LogP contribution in [-0.4, -0.2) is 24.5 Å². The number of hydrogen-bond donors (Lipinski definition) is 2. The standard InChI is InChI=1S/C15H25N3OS.ClH/c1-3-5-11-7-8-12-13(10-11)20-15(17-12)18-14(19)6-4-9-16-2;/h11,16H,3-10H2,1-2H3,(H,17,18,19);1H. The van der Waals surface area contributed by atoms with Crippen LogP contribution in [0.15, 0.2) is 0 Å². The first kappa shape index (κ1) is 18.4. The van der Waals surface area contributed by atoms with Gasteiger partial charge in [-0.15, -0.1) is 23.7 Å². The number of aromatic nitrogens is 1. The van der Waals surface area contributed by atoms with Crippen LogP contribution in [-0.2, 0) is 17.6 Å². The van der Waals surface area contributed by atoms with Gasteiger partial charge in [0.15, 0.2) is 5.13 Å². The lowest BCUT2D eigenvalue weighted by Crippen LogP contribution is -2.15. The summed E-state index contributed by atoms with van der Waals surface area (Å²) >= 11 is 1.67. The number of halogens is 1. The number of nitrogens with zero attached hydrogens (tertiary/aromatic N) is 1. The molecule has 1 unspecified atom stereocenters. The first-order valence-corrected chi connectivity index (χ1v) is 8.47. The fraction of sp³-hybridized carbons (Fsp3) is 0.733. The van der Waals surface area contributed by atoms with E-state index in [4.69, 9.17) is 0 Å². The smallest absolute Gasteiger partial charge is 0.226 e. The molecule has 0 saturated heterocycles. The Bertz CT molecular complexity index is 450. The van der Waals surface area contributed by atoms with E-state index in [0.717, 1.165) is 36.9 Å². The minimum Gasteiger partial charge on any atom is -0.320 e. The predicted octanol–water partition coefficient (Wildman–Crippen LogP) is 3.41. The van der Waals surface area contributed by atoms with E-state index in [1.54, 1.807) is 11.3 Å². The Kier molecular flexibility index (Phi) is 8.22. The maximum absolute atomic E-state index is 11.8. The van der Waals surface area contributed by atoms with Crippen LogP contribution in [0.3, 0.4) is 0 Å². The van der Waals surface area contributed by atoms with E-state index in [0.29, 0.717) is 6.42 Å². The molecule has 6 heteroatoms. The normalized spacial score (nSPS) is 17.0. The lowest BCUT2D eigenvalue weighted by Gasteiger charge is -2.19. The van der Waals surface area contributed by atoms with Crippen molar-refractivity contribution in [3.8, 4) is 0 Å². The Balaban J connectivity index is 0.00000220. The minimum atomic E-state index is 0. The second-order valence-corrected chi connectivity index (χ2v) is 6.63. The van der Waals surface area contributed by atoms with Crippen LogP contribution in [0.2, 0.25) is 0 Å². The first-order chi connectivity index (χ1) is 9.72. The molecule has 2 N–H and O–H groups in total. The molecular formula is C15H26ClN3OS. The highest BCUT2D eigenvalue weighted by Crippen LogP contribution is 2.34. The number of hydrogen-bond acceptors (Lipinski definition) is 4. The van der Waals surface area contributed by atoms with Crippen molar-refractivity contribution in [1.82, 2.24) is 10.3 Å². The molecule has 4 nitrogen and oxygen atoms in total. The third-order valence-electron chi connectivity index (χ3n) is 3.82. The molecule has 1 aliphatic carbocycles. The molecule has 1 aliphatic rings. The van der Waals surface area contributed by atoms with Gasteiger partial charge in [0, 0.05) is 11.3 Å². The molecule has 0 aliphatic heterocycles. The first-order valence-electron chi connectivity index (χ1n) is 7.66. The lowest BCUT2D eigenvalue weighted by atomic mass is 9.88. The van der Waals surface area contributed by atoms with Gasteiger partial charge < -0.3 is 10.6 Å². The lowest BCUT2D eigenvalue weighted by molar-refractivity contribution is -0.116. The van der Waals surface area contributed by atoms with Crippen LogP contribution in [0.1, 0.15) is 49.6 Å². The summed E-state index contributed by atoms with van der Waals surface area (Å²) in [4.78, 5) is 17.8. The maximum Gasteiger partial charge on any atom is 0.226 e. The number of fused-ring (bicyclic) bond motifs is 1. The molecule has 0 fully saturated rings. The quantitative estimate of drug-likeness (QED) is 0.753. The van der Waals surface area contributed by atoms with E-state index in [9.17, 15) is 4.79 Å². The van der Waals surface area contributed by atoms with Crippen molar-refractivity contribution in [3.63, 3.8) is 0 Å². The van der Waals surface area contributed by atoms with Crippen molar-refractivity contribution in [2.45, 2.75) is 51.9 Å². The van der Waals surface area contributed by atoms with Gasteiger partial charge in [0.1, 0.15) is 0 Å². The molecule has 21 heavy (non-hydrogen) atoms. The van der Waals surface area contributed by atoms with Crippen LogP contribution < -0.4 is 10.6 Å². The number of nitrogens with one attached hydrogen (secondary N) is 2. The molecule has 1 heterocycles. The summed E-state index contributed by atoms with van der Waals surface area (Å²) in [5.41, 5.74) is 1.22. The van der Waals surface area contributed by atoms with Gasteiger partial charge in [-0.3, -0.25) is 4.79 Å². The number of carbonyl (C=O) groups is 1. The number of carbonyl (C=O) groups excluding carboxylic acids is 1. The summed E-state index contributed by atoms with van der Waals surface area (Å²) in [5, 5.41) is 6.79. The number of thiazole rings is 1. The highest BCUT2D eigenvalue weighted by atomic mass is 35.5. The summed E-state index contributed by atoms with van der Waals surface area (Å²) in [6.07, 6.45) is 7.47. The van der Waals surface area contributed by atoms with E-state index < -0.39 is 0 Å².